The fraction of sp³-hybridized carbons (Fsp3) is 0.172. The number of hydrogen-bond acceptors (Lipinski definition) is 7. The Hall–Kier alpha value is -4.72. The highest BCUT2D eigenvalue weighted by atomic mass is 16.5. The van der Waals surface area contributed by atoms with Gasteiger partial charge in [0, 0.05) is 5.56 Å². The van der Waals surface area contributed by atoms with E-state index in [0.717, 1.165) is 24.0 Å². The fourth-order valence-electron chi connectivity index (χ4n) is 4.87. The van der Waals surface area contributed by atoms with Crippen LogP contribution in [0, 0.1) is 0 Å². The molecule has 0 saturated heterocycles. The van der Waals surface area contributed by atoms with E-state index < -0.39 is 6.04 Å². The summed E-state index contributed by atoms with van der Waals surface area (Å²) in [6.45, 7) is 1.95. The Morgan fingerprint density at radius 1 is 1.11 bits per heavy atom. The normalized spacial score (nSPS) is 14.2. The van der Waals surface area contributed by atoms with Gasteiger partial charge < -0.3 is 14.9 Å². The first-order chi connectivity index (χ1) is 18.1. The van der Waals surface area contributed by atoms with Crippen molar-refractivity contribution in [1.82, 2.24) is 19.7 Å². The molecule has 3 heterocycles. The molecule has 0 radical (unpaired) electrons. The molecule has 1 atom stereocenters. The number of rotatable bonds is 5. The molecule has 8 nitrogen and oxygen atoms in total. The Morgan fingerprint density at radius 2 is 1.97 bits per heavy atom. The van der Waals surface area contributed by atoms with Gasteiger partial charge in [-0.05, 0) is 49.6 Å². The first kappa shape index (κ1) is 22.7. The molecule has 0 spiro atoms. The standard InChI is InChI=1S/C29H25N5O3/c1-17(27-23(18-9-4-3-5-10-18)26(35)21-13-6-7-14-22(21)37-27)34-29-24(28(30)31-16-32-29)25(33-34)19-11-8-12-20(15-19)36-2/h4,6-17H,3,5H2,1-2H3,(H2,30,31,32). The van der Waals surface area contributed by atoms with Crippen molar-refractivity contribution in [2.45, 2.75) is 25.8 Å². The molecule has 1 unspecified atom stereocenters. The number of allylic oxidation sites excluding steroid dienone is 4. The summed E-state index contributed by atoms with van der Waals surface area (Å²) in [6.07, 6.45) is 9.37. The third-order valence-electron chi connectivity index (χ3n) is 6.72. The van der Waals surface area contributed by atoms with Crippen LogP contribution in [0.15, 0.2) is 82.3 Å². The van der Waals surface area contributed by atoms with Crippen molar-refractivity contribution in [3.8, 4) is 17.0 Å². The van der Waals surface area contributed by atoms with Gasteiger partial charge in [0.15, 0.2) is 5.65 Å². The quantitative estimate of drug-likeness (QED) is 0.344. The van der Waals surface area contributed by atoms with Crippen LogP contribution in [0.5, 0.6) is 5.75 Å². The number of benzene rings is 2. The summed E-state index contributed by atoms with van der Waals surface area (Å²) >= 11 is 0. The van der Waals surface area contributed by atoms with Crippen molar-refractivity contribution in [1.29, 1.82) is 0 Å². The van der Waals surface area contributed by atoms with Crippen molar-refractivity contribution in [3.63, 3.8) is 0 Å². The van der Waals surface area contributed by atoms with E-state index in [1.54, 1.807) is 17.9 Å². The molecule has 1 aliphatic carbocycles. The summed E-state index contributed by atoms with van der Waals surface area (Å²) in [4.78, 5) is 22.5. The maximum atomic E-state index is 13.8. The number of para-hydroxylation sites is 1. The largest absolute Gasteiger partial charge is 0.497 e. The predicted octanol–water partition coefficient (Wildman–Crippen LogP) is 5.53. The molecular weight excluding hydrogens is 466 g/mol. The Balaban J connectivity index is 1.62. The second kappa shape index (κ2) is 9.05. The smallest absolute Gasteiger partial charge is 0.200 e. The van der Waals surface area contributed by atoms with Crippen LogP contribution < -0.4 is 15.9 Å². The van der Waals surface area contributed by atoms with Gasteiger partial charge in [0.2, 0.25) is 5.43 Å². The lowest BCUT2D eigenvalue weighted by Crippen LogP contribution is -2.18. The van der Waals surface area contributed by atoms with E-state index in [9.17, 15) is 4.79 Å². The average molecular weight is 492 g/mol. The third kappa shape index (κ3) is 3.78. The minimum atomic E-state index is -0.473. The van der Waals surface area contributed by atoms with E-state index in [2.05, 4.69) is 22.1 Å². The number of nitrogens with two attached hydrogens (primary N) is 1. The summed E-state index contributed by atoms with van der Waals surface area (Å²) < 4.78 is 13.6. The zero-order valence-electron chi connectivity index (χ0n) is 20.5. The van der Waals surface area contributed by atoms with Gasteiger partial charge in [0.1, 0.15) is 41.0 Å². The molecule has 2 N–H and O–H groups in total. The van der Waals surface area contributed by atoms with Gasteiger partial charge in [-0.3, -0.25) is 4.79 Å². The molecule has 184 valence electrons. The molecule has 2 aromatic carbocycles. The maximum absolute atomic E-state index is 13.8. The lowest BCUT2D eigenvalue weighted by molar-refractivity contribution is 0.415. The molecule has 5 aromatic rings. The summed E-state index contributed by atoms with van der Waals surface area (Å²) in [5.41, 5.74) is 10.2. The number of nitrogen functional groups attached to an aromatic ring is 1. The van der Waals surface area contributed by atoms with Crippen molar-refractivity contribution in [3.05, 3.63) is 94.6 Å². The summed E-state index contributed by atoms with van der Waals surface area (Å²) in [7, 11) is 1.62. The van der Waals surface area contributed by atoms with Crippen LogP contribution >= 0.6 is 0 Å². The zero-order chi connectivity index (χ0) is 25.5. The van der Waals surface area contributed by atoms with Crippen LogP contribution in [0.1, 0.15) is 37.1 Å². The van der Waals surface area contributed by atoms with E-state index in [4.69, 9.17) is 20.0 Å². The summed E-state index contributed by atoms with van der Waals surface area (Å²) in [5.74, 6) is 1.53. The Kier molecular flexibility index (Phi) is 5.56. The SMILES string of the molecule is COc1cccc(-c2nn(C(C)c3oc4ccccc4c(=O)c3C3=CCCC=C3)c3ncnc(N)c23)c1. The molecule has 0 aliphatic heterocycles. The number of hydrogen-bond donors (Lipinski definition) is 1. The van der Waals surface area contributed by atoms with E-state index >= 15 is 0 Å². The topological polar surface area (TPSA) is 109 Å². The summed E-state index contributed by atoms with van der Waals surface area (Å²) in [6, 6.07) is 14.4. The zero-order valence-corrected chi connectivity index (χ0v) is 20.5. The molecule has 8 heteroatoms. The van der Waals surface area contributed by atoms with Crippen molar-refractivity contribution >= 4 is 33.4 Å². The number of fused-ring (bicyclic) bond motifs is 2. The van der Waals surface area contributed by atoms with Crippen LogP contribution in [0.2, 0.25) is 0 Å². The molecule has 3 aromatic heterocycles. The van der Waals surface area contributed by atoms with Crippen LogP contribution in [-0.2, 0) is 0 Å². The van der Waals surface area contributed by atoms with E-state index in [-0.39, 0.29) is 5.43 Å². The van der Waals surface area contributed by atoms with Crippen LogP contribution in [0.3, 0.4) is 0 Å². The highest BCUT2D eigenvalue weighted by Crippen LogP contribution is 2.36. The molecule has 0 bridgehead atoms. The Labute approximate surface area is 212 Å². The highest BCUT2D eigenvalue weighted by Gasteiger charge is 2.27. The van der Waals surface area contributed by atoms with Gasteiger partial charge in [-0.25, -0.2) is 14.6 Å². The molecule has 6 rings (SSSR count). The molecule has 37 heavy (non-hydrogen) atoms. The fourth-order valence-corrected chi connectivity index (χ4v) is 4.87. The molecule has 0 saturated carbocycles. The van der Waals surface area contributed by atoms with Gasteiger partial charge >= 0.3 is 0 Å². The van der Waals surface area contributed by atoms with E-state index in [1.807, 2.05) is 55.5 Å². The van der Waals surface area contributed by atoms with Gasteiger partial charge in [-0.1, -0.05) is 42.5 Å². The van der Waals surface area contributed by atoms with Crippen molar-refractivity contribution < 1.29 is 9.15 Å². The highest BCUT2D eigenvalue weighted by molar-refractivity contribution is 5.98. The van der Waals surface area contributed by atoms with Crippen LogP contribution in [0.4, 0.5) is 5.82 Å². The number of aromatic nitrogens is 4. The van der Waals surface area contributed by atoms with Gasteiger partial charge in [-0.2, -0.15) is 5.10 Å². The second-order valence-corrected chi connectivity index (χ2v) is 8.96. The van der Waals surface area contributed by atoms with Crippen molar-refractivity contribution in [2.24, 2.45) is 0 Å². The van der Waals surface area contributed by atoms with Gasteiger partial charge in [0.25, 0.3) is 0 Å². The first-order valence-electron chi connectivity index (χ1n) is 12.1. The third-order valence-corrected chi connectivity index (χ3v) is 6.72. The first-order valence-corrected chi connectivity index (χ1v) is 12.1. The lowest BCUT2D eigenvalue weighted by Gasteiger charge is -2.18. The second-order valence-electron chi connectivity index (χ2n) is 8.96. The number of methoxy groups -OCH3 is 1. The molecule has 0 fully saturated rings. The lowest BCUT2D eigenvalue weighted by atomic mass is 9.95. The number of anilines is 1. The average Bonchev–Trinajstić information content (AvgIpc) is 3.34. The van der Waals surface area contributed by atoms with Crippen molar-refractivity contribution in [2.75, 3.05) is 12.8 Å². The number of ether oxygens (including phenoxy) is 1. The van der Waals surface area contributed by atoms with Gasteiger partial charge in [0.05, 0.1) is 23.4 Å². The van der Waals surface area contributed by atoms with E-state index in [1.165, 1.54) is 6.33 Å². The van der Waals surface area contributed by atoms with Crippen LogP contribution in [-0.4, -0.2) is 26.9 Å². The number of nitrogens with zero attached hydrogens (tertiary/aromatic N) is 4. The molecule has 1 aliphatic rings. The monoisotopic (exact) mass is 491 g/mol. The maximum Gasteiger partial charge on any atom is 0.200 e. The Bertz CT molecular complexity index is 1780. The molecule has 0 amide bonds. The van der Waals surface area contributed by atoms with Crippen LogP contribution in [0.25, 0.3) is 38.8 Å². The van der Waals surface area contributed by atoms with E-state index in [0.29, 0.717) is 50.6 Å². The Morgan fingerprint density at radius 3 is 2.78 bits per heavy atom. The molecular formula is C29H25N5O3. The minimum absolute atomic E-state index is 0.0693. The summed E-state index contributed by atoms with van der Waals surface area (Å²) in [5, 5.41) is 6.12. The predicted molar refractivity (Wildman–Crippen MR) is 144 cm³/mol. The minimum Gasteiger partial charge on any atom is -0.497 e. The van der Waals surface area contributed by atoms with Gasteiger partial charge in [-0.15, -0.1) is 0 Å².